The van der Waals surface area contributed by atoms with Gasteiger partial charge >= 0.3 is 0 Å². The second-order valence-corrected chi connectivity index (χ2v) is 5.50. The Balaban J connectivity index is 1.85. The molecule has 0 bridgehead atoms. The molecule has 1 aromatic carbocycles. The van der Waals surface area contributed by atoms with E-state index in [1.165, 1.54) is 5.56 Å². The van der Waals surface area contributed by atoms with Gasteiger partial charge in [0, 0.05) is 32.2 Å². The zero-order valence-electron chi connectivity index (χ0n) is 12.1. The largest absolute Gasteiger partial charge is 0.377 e. The summed E-state index contributed by atoms with van der Waals surface area (Å²) in [5, 5.41) is 3.50. The zero-order valence-corrected chi connectivity index (χ0v) is 12.1. The van der Waals surface area contributed by atoms with Crippen LogP contribution in [0, 0.1) is 0 Å². The van der Waals surface area contributed by atoms with Crippen LogP contribution in [0.15, 0.2) is 30.3 Å². The lowest BCUT2D eigenvalue weighted by molar-refractivity contribution is 0.0432. The summed E-state index contributed by atoms with van der Waals surface area (Å²) in [5.41, 5.74) is 1.42. The lowest BCUT2D eigenvalue weighted by atomic mass is 10.0. The predicted octanol–water partition coefficient (Wildman–Crippen LogP) is 1.93. The van der Waals surface area contributed by atoms with Gasteiger partial charge in [-0.2, -0.15) is 0 Å². The van der Waals surface area contributed by atoms with Crippen LogP contribution in [0.5, 0.6) is 0 Å². The van der Waals surface area contributed by atoms with Gasteiger partial charge in [0.2, 0.25) is 0 Å². The molecule has 2 rings (SSSR count). The standard InChI is InChI=1S/C16H26N2O/c1-14(2)19-11-10-18-9-8-17-13-16(18)12-15-6-4-3-5-7-15/h3-7,14,16-17H,8-13H2,1-2H3. The van der Waals surface area contributed by atoms with E-state index >= 15 is 0 Å². The Bertz CT molecular complexity index is 353. The molecule has 1 atom stereocenters. The molecule has 0 amide bonds. The average molecular weight is 262 g/mol. The van der Waals surface area contributed by atoms with Gasteiger partial charge in [-0.05, 0) is 25.8 Å². The Morgan fingerprint density at radius 3 is 2.84 bits per heavy atom. The van der Waals surface area contributed by atoms with Crippen LogP contribution in [-0.4, -0.2) is 49.8 Å². The summed E-state index contributed by atoms with van der Waals surface area (Å²) < 4.78 is 5.68. The summed E-state index contributed by atoms with van der Waals surface area (Å²) in [7, 11) is 0. The van der Waals surface area contributed by atoms with E-state index in [-0.39, 0.29) is 0 Å². The van der Waals surface area contributed by atoms with E-state index in [9.17, 15) is 0 Å². The number of hydrogen-bond donors (Lipinski definition) is 1. The number of rotatable bonds is 6. The highest BCUT2D eigenvalue weighted by molar-refractivity contribution is 5.16. The molecule has 0 radical (unpaired) electrons. The Morgan fingerprint density at radius 2 is 2.11 bits per heavy atom. The van der Waals surface area contributed by atoms with Gasteiger partial charge in [0.1, 0.15) is 0 Å². The Hall–Kier alpha value is -0.900. The quantitative estimate of drug-likeness (QED) is 0.848. The molecule has 1 saturated heterocycles. The first-order valence-corrected chi connectivity index (χ1v) is 7.36. The molecule has 0 aliphatic carbocycles. The minimum atomic E-state index is 0.329. The molecule has 1 aliphatic heterocycles. The van der Waals surface area contributed by atoms with E-state index in [4.69, 9.17) is 4.74 Å². The number of benzene rings is 1. The number of piperazine rings is 1. The third-order valence-corrected chi connectivity index (χ3v) is 3.62. The van der Waals surface area contributed by atoms with Gasteiger partial charge in [0.05, 0.1) is 12.7 Å². The van der Waals surface area contributed by atoms with E-state index in [1.54, 1.807) is 0 Å². The van der Waals surface area contributed by atoms with Crippen LogP contribution in [0.2, 0.25) is 0 Å². The van der Waals surface area contributed by atoms with Crippen molar-refractivity contribution in [2.24, 2.45) is 0 Å². The van der Waals surface area contributed by atoms with E-state index in [1.807, 2.05) is 0 Å². The van der Waals surface area contributed by atoms with Gasteiger partial charge in [-0.25, -0.2) is 0 Å². The molecule has 1 fully saturated rings. The molecule has 0 spiro atoms. The molecule has 1 heterocycles. The fraction of sp³-hybridized carbons (Fsp3) is 0.625. The molecule has 1 unspecified atom stereocenters. The number of hydrogen-bond acceptors (Lipinski definition) is 3. The maximum absolute atomic E-state index is 5.68. The fourth-order valence-electron chi connectivity index (χ4n) is 2.59. The summed E-state index contributed by atoms with van der Waals surface area (Å²) >= 11 is 0. The van der Waals surface area contributed by atoms with Gasteiger partial charge in [0.15, 0.2) is 0 Å². The monoisotopic (exact) mass is 262 g/mol. The minimum absolute atomic E-state index is 0.329. The van der Waals surface area contributed by atoms with Crippen molar-refractivity contribution in [3.8, 4) is 0 Å². The smallest absolute Gasteiger partial charge is 0.0597 e. The molecule has 3 nitrogen and oxygen atoms in total. The molecular formula is C16H26N2O. The van der Waals surface area contributed by atoms with Crippen molar-refractivity contribution in [2.45, 2.75) is 32.4 Å². The van der Waals surface area contributed by atoms with Crippen molar-refractivity contribution in [1.82, 2.24) is 10.2 Å². The maximum atomic E-state index is 5.68. The molecule has 3 heteroatoms. The van der Waals surface area contributed by atoms with Crippen LogP contribution >= 0.6 is 0 Å². The SMILES string of the molecule is CC(C)OCCN1CCNCC1Cc1ccccc1. The number of ether oxygens (including phenoxy) is 1. The Morgan fingerprint density at radius 1 is 1.32 bits per heavy atom. The van der Waals surface area contributed by atoms with Crippen molar-refractivity contribution < 1.29 is 4.74 Å². The number of nitrogens with zero attached hydrogens (tertiary/aromatic N) is 1. The Labute approximate surface area is 116 Å². The summed E-state index contributed by atoms with van der Waals surface area (Å²) in [6.07, 6.45) is 1.45. The van der Waals surface area contributed by atoms with E-state index < -0.39 is 0 Å². The molecule has 0 aromatic heterocycles. The van der Waals surface area contributed by atoms with Crippen LogP contribution in [-0.2, 0) is 11.2 Å². The molecule has 106 valence electrons. The highest BCUT2D eigenvalue weighted by Gasteiger charge is 2.21. The topological polar surface area (TPSA) is 24.5 Å². The fourth-order valence-corrected chi connectivity index (χ4v) is 2.59. The third-order valence-electron chi connectivity index (χ3n) is 3.62. The summed E-state index contributed by atoms with van der Waals surface area (Å²) in [6.45, 7) is 9.36. The number of nitrogens with one attached hydrogen (secondary N) is 1. The van der Waals surface area contributed by atoms with Crippen molar-refractivity contribution in [3.63, 3.8) is 0 Å². The molecule has 0 saturated carbocycles. The zero-order chi connectivity index (χ0) is 13.5. The second kappa shape index (κ2) is 7.63. The first-order chi connectivity index (χ1) is 9.25. The van der Waals surface area contributed by atoms with Crippen LogP contribution in [0.3, 0.4) is 0 Å². The molecule has 1 aliphatic rings. The average Bonchev–Trinajstić information content (AvgIpc) is 2.41. The lowest BCUT2D eigenvalue weighted by Crippen LogP contribution is -2.53. The van der Waals surface area contributed by atoms with Crippen molar-refractivity contribution in [1.29, 1.82) is 0 Å². The Kier molecular flexibility index (Phi) is 5.83. The normalized spacial score (nSPS) is 20.9. The molecule has 19 heavy (non-hydrogen) atoms. The summed E-state index contributed by atoms with van der Waals surface area (Å²) in [5.74, 6) is 0. The summed E-state index contributed by atoms with van der Waals surface area (Å²) in [4.78, 5) is 2.56. The van der Waals surface area contributed by atoms with Gasteiger partial charge in [-0.15, -0.1) is 0 Å². The van der Waals surface area contributed by atoms with E-state index in [0.29, 0.717) is 12.1 Å². The highest BCUT2D eigenvalue weighted by atomic mass is 16.5. The van der Waals surface area contributed by atoms with Crippen LogP contribution < -0.4 is 5.32 Å². The van der Waals surface area contributed by atoms with Crippen molar-refractivity contribution in [3.05, 3.63) is 35.9 Å². The third kappa shape index (κ3) is 4.94. The van der Waals surface area contributed by atoms with E-state index in [0.717, 1.165) is 39.2 Å². The van der Waals surface area contributed by atoms with Crippen LogP contribution in [0.1, 0.15) is 19.4 Å². The minimum Gasteiger partial charge on any atom is -0.377 e. The highest BCUT2D eigenvalue weighted by Crippen LogP contribution is 2.11. The molecule has 1 aromatic rings. The van der Waals surface area contributed by atoms with Crippen LogP contribution in [0.4, 0.5) is 0 Å². The molecule has 1 N–H and O–H groups in total. The lowest BCUT2D eigenvalue weighted by Gasteiger charge is -2.36. The second-order valence-electron chi connectivity index (χ2n) is 5.50. The van der Waals surface area contributed by atoms with Gasteiger partial charge < -0.3 is 10.1 Å². The first-order valence-electron chi connectivity index (χ1n) is 7.36. The maximum Gasteiger partial charge on any atom is 0.0597 e. The van der Waals surface area contributed by atoms with Gasteiger partial charge in [-0.3, -0.25) is 4.90 Å². The molecular weight excluding hydrogens is 236 g/mol. The van der Waals surface area contributed by atoms with E-state index in [2.05, 4.69) is 54.4 Å². The van der Waals surface area contributed by atoms with Crippen molar-refractivity contribution >= 4 is 0 Å². The van der Waals surface area contributed by atoms with Crippen molar-refractivity contribution in [2.75, 3.05) is 32.8 Å². The summed E-state index contributed by atoms with van der Waals surface area (Å²) in [6, 6.07) is 11.4. The van der Waals surface area contributed by atoms with Gasteiger partial charge in [-0.1, -0.05) is 30.3 Å². The predicted molar refractivity (Wildman–Crippen MR) is 79.5 cm³/mol. The van der Waals surface area contributed by atoms with Gasteiger partial charge in [0.25, 0.3) is 0 Å². The van der Waals surface area contributed by atoms with Crippen LogP contribution in [0.25, 0.3) is 0 Å². The first kappa shape index (κ1) is 14.5.